The van der Waals surface area contributed by atoms with Crippen molar-refractivity contribution in [2.45, 2.75) is 50.2 Å². The summed E-state index contributed by atoms with van der Waals surface area (Å²) < 4.78 is 16.2. The third-order valence-corrected chi connectivity index (χ3v) is 7.67. The van der Waals surface area contributed by atoms with E-state index in [2.05, 4.69) is 26.6 Å². The van der Waals surface area contributed by atoms with Crippen molar-refractivity contribution >= 4 is 35.3 Å². The number of benzene rings is 2. The van der Waals surface area contributed by atoms with Gasteiger partial charge in [0.2, 0.25) is 29.5 Å². The smallest absolute Gasteiger partial charge is 0.243 e. The fraction of sp³-hybridized carbons (Fsp3) is 0.486. The van der Waals surface area contributed by atoms with Crippen LogP contribution in [0.15, 0.2) is 60.7 Å². The molecule has 0 heterocycles. The van der Waals surface area contributed by atoms with Crippen LogP contribution in [0.5, 0.6) is 0 Å². The molecule has 7 N–H and O–H groups in total. The lowest BCUT2D eigenvalue weighted by atomic mass is 10.0. The van der Waals surface area contributed by atoms with E-state index < -0.39 is 47.7 Å². The van der Waals surface area contributed by atoms with Crippen LogP contribution in [0.2, 0.25) is 0 Å². The molecule has 1 aliphatic carbocycles. The number of rotatable bonds is 25. The molecule has 0 aliphatic heterocycles. The minimum Gasteiger partial charge on any atom is -0.379 e. The summed E-state index contributed by atoms with van der Waals surface area (Å²) in [6, 6.07) is 17.6. The second-order valence-corrected chi connectivity index (χ2v) is 11.6. The first-order valence-corrected chi connectivity index (χ1v) is 16.7. The summed E-state index contributed by atoms with van der Waals surface area (Å²) in [5.41, 5.74) is 6.26. The molecule has 0 aromatic heterocycles. The lowest BCUT2D eigenvalue weighted by Crippen LogP contribution is -2.52. The second kappa shape index (κ2) is 22.1. The number of carbonyl (C=O) groups is 6. The highest BCUT2D eigenvalue weighted by molar-refractivity contribution is 5.93. The Morgan fingerprint density at radius 3 is 1.90 bits per heavy atom. The predicted molar refractivity (Wildman–Crippen MR) is 182 cm³/mol. The fourth-order valence-corrected chi connectivity index (χ4v) is 4.74. The van der Waals surface area contributed by atoms with Crippen LogP contribution in [0.4, 0.5) is 0 Å². The first-order chi connectivity index (χ1) is 24.2. The molecule has 2 aromatic rings. The number of hydrogen-bond donors (Lipinski definition) is 6. The molecule has 272 valence electrons. The van der Waals surface area contributed by atoms with Gasteiger partial charge in [-0.3, -0.25) is 28.8 Å². The molecular formula is C35H48N6O9. The summed E-state index contributed by atoms with van der Waals surface area (Å²) in [5.74, 6) is -2.80. The Labute approximate surface area is 291 Å². The van der Waals surface area contributed by atoms with Crippen LogP contribution < -0.4 is 32.3 Å². The van der Waals surface area contributed by atoms with E-state index >= 15 is 0 Å². The first kappa shape index (κ1) is 39.7. The number of aryl methyl sites for hydroxylation is 1. The highest BCUT2D eigenvalue weighted by Crippen LogP contribution is 2.41. The number of carbonyl (C=O) groups excluding carboxylic acids is 6. The Bertz CT molecular complexity index is 1390. The van der Waals surface area contributed by atoms with Crippen molar-refractivity contribution in [3.8, 4) is 0 Å². The normalized spacial score (nSPS) is 13.4. The Morgan fingerprint density at radius 1 is 0.660 bits per heavy atom. The van der Waals surface area contributed by atoms with Crippen LogP contribution in [0.1, 0.15) is 36.8 Å². The second-order valence-electron chi connectivity index (χ2n) is 11.6. The Balaban J connectivity index is 1.36. The molecule has 0 saturated heterocycles. The summed E-state index contributed by atoms with van der Waals surface area (Å²) in [4.78, 5) is 75.1. The molecule has 3 rings (SSSR count). The lowest BCUT2D eigenvalue weighted by Gasteiger charge is -2.19. The molecule has 1 aliphatic rings. The molecule has 0 unspecified atom stereocenters. The summed E-state index contributed by atoms with van der Waals surface area (Å²) in [7, 11) is 0. The number of nitrogens with two attached hydrogens (primary N) is 1. The molecule has 50 heavy (non-hydrogen) atoms. The molecule has 1 atom stereocenters. The van der Waals surface area contributed by atoms with E-state index in [1.54, 1.807) is 24.3 Å². The zero-order valence-corrected chi connectivity index (χ0v) is 28.2. The van der Waals surface area contributed by atoms with E-state index in [0.717, 1.165) is 11.1 Å². The zero-order chi connectivity index (χ0) is 36.0. The molecular weight excluding hydrogens is 648 g/mol. The minimum atomic E-state index is -1.05. The van der Waals surface area contributed by atoms with Gasteiger partial charge in [0.15, 0.2) is 5.78 Å². The van der Waals surface area contributed by atoms with E-state index in [1.165, 1.54) is 0 Å². The molecule has 15 heteroatoms. The minimum absolute atomic E-state index is 0.00784. The number of Topliss-reactive ketones (excluding diaryl/α,β-unsaturated/α-hetero) is 1. The summed E-state index contributed by atoms with van der Waals surface area (Å²) in [6.07, 6.45) is 2.30. The summed E-state index contributed by atoms with van der Waals surface area (Å²) in [5, 5.41) is 12.5. The van der Waals surface area contributed by atoms with Crippen molar-refractivity contribution in [2.24, 2.45) is 5.73 Å². The van der Waals surface area contributed by atoms with Crippen LogP contribution >= 0.6 is 0 Å². The third kappa shape index (κ3) is 15.7. The van der Waals surface area contributed by atoms with E-state index in [0.29, 0.717) is 52.0 Å². The van der Waals surface area contributed by atoms with Gasteiger partial charge in [0, 0.05) is 25.8 Å². The first-order valence-electron chi connectivity index (χ1n) is 16.7. The Morgan fingerprint density at radius 2 is 1.24 bits per heavy atom. The highest BCUT2D eigenvalue weighted by atomic mass is 16.5. The molecule has 0 spiro atoms. The largest absolute Gasteiger partial charge is 0.379 e. The van der Waals surface area contributed by atoms with Crippen molar-refractivity contribution in [2.75, 3.05) is 59.3 Å². The standard InChI is InChI=1S/C35H48N6O9/c36-16-18-49-20-19-48-17-13-30(43)37-22-31(44)38-24-33(46)41-28(21-27-9-5-2-6-10-27)34(47)39-23-32(45)40-25-50-35(14-15-35)29(42)12-11-26-7-3-1-4-8-26/h1-10,28H,11-25,36H2,(H,37,43)(H,38,44)(H,39,47)(H,40,45)(H,41,46)/t28-/m0/s1. The van der Waals surface area contributed by atoms with Crippen LogP contribution in [0, 0.1) is 0 Å². The number of ketones is 1. The van der Waals surface area contributed by atoms with E-state index in [-0.39, 0.29) is 45.1 Å². The van der Waals surface area contributed by atoms with Gasteiger partial charge in [0.25, 0.3) is 0 Å². The Hall–Kier alpha value is -4.70. The SMILES string of the molecule is NCCOCCOCCC(=O)NCC(=O)NCC(=O)N[C@@H](Cc1ccccc1)C(=O)NCC(=O)NCOC1(C(=O)CCc2ccccc2)CC1. The third-order valence-electron chi connectivity index (χ3n) is 7.67. The molecule has 0 radical (unpaired) electrons. The van der Waals surface area contributed by atoms with Crippen LogP contribution in [-0.4, -0.2) is 106 Å². The topological polar surface area (TPSA) is 216 Å². The summed E-state index contributed by atoms with van der Waals surface area (Å²) >= 11 is 0. The van der Waals surface area contributed by atoms with Gasteiger partial charge in [-0.2, -0.15) is 0 Å². The maximum Gasteiger partial charge on any atom is 0.243 e. The van der Waals surface area contributed by atoms with Gasteiger partial charge in [-0.25, -0.2) is 0 Å². The monoisotopic (exact) mass is 696 g/mol. The molecule has 0 bridgehead atoms. The Kier molecular flexibility index (Phi) is 17.6. The quantitative estimate of drug-likeness (QED) is 0.0565. The highest BCUT2D eigenvalue weighted by Gasteiger charge is 2.50. The number of nitrogens with one attached hydrogen (secondary N) is 5. The van der Waals surface area contributed by atoms with Gasteiger partial charge in [0.05, 0.1) is 46.1 Å². The van der Waals surface area contributed by atoms with Gasteiger partial charge in [-0.15, -0.1) is 0 Å². The number of amides is 5. The van der Waals surface area contributed by atoms with Crippen LogP contribution in [0.25, 0.3) is 0 Å². The van der Waals surface area contributed by atoms with Gasteiger partial charge in [0.1, 0.15) is 18.4 Å². The average molecular weight is 697 g/mol. The van der Waals surface area contributed by atoms with Gasteiger partial charge in [-0.05, 0) is 30.4 Å². The van der Waals surface area contributed by atoms with Crippen molar-refractivity contribution in [3.63, 3.8) is 0 Å². The maximum absolute atomic E-state index is 13.1. The van der Waals surface area contributed by atoms with Crippen molar-refractivity contribution in [1.29, 1.82) is 0 Å². The van der Waals surface area contributed by atoms with E-state index in [1.807, 2.05) is 36.4 Å². The number of hydrogen-bond acceptors (Lipinski definition) is 10. The molecule has 15 nitrogen and oxygen atoms in total. The lowest BCUT2D eigenvalue weighted by molar-refractivity contribution is -0.137. The molecule has 2 aromatic carbocycles. The molecule has 1 saturated carbocycles. The van der Waals surface area contributed by atoms with Crippen molar-refractivity contribution in [1.82, 2.24) is 26.6 Å². The maximum atomic E-state index is 13.1. The van der Waals surface area contributed by atoms with E-state index in [9.17, 15) is 28.8 Å². The van der Waals surface area contributed by atoms with Crippen molar-refractivity contribution < 1.29 is 43.0 Å². The fourth-order valence-electron chi connectivity index (χ4n) is 4.74. The van der Waals surface area contributed by atoms with Crippen LogP contribution in [0.3, 0.4) is 0 Å². The molecule has 5 amide bonds. The molecule has 1 fully saturated rings. The van der Waals surface area contributed by atoms with E-state index in [4.69, 9.17) is 19.9 Å². The summed E-state index contributed by atoms with van der Waals surface area (Å²) in [6.45, 7) is 0.309. The van der Waals surface area contributed by atoms with Crippen molar-refractivity contribution in [3.05, 3.63) is 71.8 Å². The van der Waals surface area contributed by atoms with Gasteiger partial charge < -0.3 is 46.5 Å². The zero-order valence-electron chi connectivity index (χ0n) is 28.2. The van der Waals surface area contributed by atoms with Crippen LogP contribution in [-0.2, 0) is 55.8 Å². The van der Waals surface area contributed by atoms with Gasteiger partial charge >= 0.3 is 0 Å². The average Bonchev–Trinajstić information content (AvgIpc) is 3.92. The predicted octanol–water partition coefficient (Wildman–Crippen LogP) is -0.731. The number of ether oxygens (including phenoxy) is 3. The van der Waals surface area contributed by atoms with Gasteiger partial charge in [-0.1, -0.05) is 60.7 Å².